The fraction of sp³-hybridized carbons (Fsp3) is 0.273. The second-order valence-electron chi connectivity index (χ2n) is 7.39. The molecule has 0 saturated carbocycles. The Kier molecular flexibility index (Phi) is 5.83. The molecule has 4 rings (SSSR count). The summed E-state index contributed by atoms with van der Waals surface area (Å²) < 4.78 is 29.0. The average Bonchev–Trinajstić information content (AvgIpc) is 3.18. The Morgan fingerprint density at radius 3 is 2.67 bits per heavy atom. The molecule has 156 valence electrons. The lowest BCUT2D eigenvalue weighted by Crippen LogP contribution is -2.29. The van der Waals surface area contributed by atoms with Crippen molar-refractivity contribution in [1.82, 2.24) is 15.1 Å². The van der Waals surface area contributed by atoms with Crippen molar-refractivity contribution in [3.05, 3.63) is 76.1 Å². The van der Waals surface area contributed by atoms with Crippen LogP contribution in [0.15, 0.2) is 42.6 Å². The van der Waals surface area contributed by atoms with Gasteiger partial charge < -0.3 is 10.6 Å². The quantitative estimate of drug-likeness (QED) is 0.623. The fourth-order valence-electron chi connectivity index (χ4n) is 3.72. The van der Waals surface area contributed by atoms with Gasteiger partial charge in [-0.05, 0) is 62.7 Å². The lowest BCUT2D eigenvalue weighted by Gasteiger charge is -2.25. The number of nitrogens with zero attached hydrogens (tertiary/aromatic N) is 2. The number of halogens is 3. The summed E-state index contributed by atoms with van der Waals surface area (Å²) in [7, 11) is 0. The summed E-state index contributed by atoms with van der Waals surface area (Å²) in [4.78, 5) is 13.0. The van der Waals surface area contributed by atoms with Crippen molar-refractivity contribution < 1.29 is 13.6 Å². The second-order valence-corrected chi connectivity index (χ2v) is 7.80. The molecule has 1 aliphatic rings. The Morgan fingerprint density at radius 1 is 1.20 bits per heavy atom. The number of piperidine rings is 1. The maximum atomic E-state index is 14.0. The van der Waals surface area contributed by atoms with Gasteiger partial charge in [0.25, 0.3) is 5.91 Å². The topological polar surface area (TPSA) is 59.0 Å². The third-order valence-corrected chi connectivity index (χ3v) is 5.76. The zero-order chi connectivity index (χ0) is 21.3. The first-order valence-corrected chi connectivity index (χ1v) is 10.1. The second kappa shape index (κ2) is 8.53. The summed E-state index contributed by atoms with van der Waals surface area (Å²) in [6, 6.07) is 8.66. The number of carbonyl (C=O) groups is 1. The highest BCUT2D eigenvalue weighted by Gasteiger charge is 2.27. The first kappa shape index (κ1) is 20.5. The highest BCUT2D eigenvalue weighted by molar-refractivity contribution is 6.31. The van der Waals surface area contributed by atoms with Crippen LogP contribution in [0.2, 0.25) is 5.02 Å². The van der Waals surface area contributed by atoms with Gasteiger partial charge in [-0.3, -0.25) is 4.79 Å². The van der Waals surface area contributed by atoms with Crippen LogP contribution >= 0.6 is 11.6 Å². The van der Waals surface area contributed by atoms with E-state index in [1.165, 1.54) is 12.3 Å². The molecule has 0 spiro atoms. The van der Waals surface area contributed by atoms with Crippen LogP contribution < -0.4 is 10.6 Å². The van der Waals surface area contributed by atoms with Gasteiger partial charge in [-0.15, -0.1) is 0 Å². The number of hydrogen-bond acceptors (Lipinski definition) is 3. The number of nitrogens with one attached hydrogen (secondary N) is 2. The number of aryl methyl sites for hydroxylation is 1. The van der Waals surface area contributed by atoms with Crippen molar-refractivity contribution >= 4 is 23.2 Å². The fourth-order valence-corrected chi connectivity index (χ4v) is 3.90. The molecule has 2 aromatic carbocycles. The molecule has 1 amide bonds. The lowest BCUT2D eigenvalue weighted by molar-refractivity contribution is 0.102. The van der Waals surface area contributed by atoms with Gasteiger partial charge in [0, 0.05) is 17.0 Å². The molecule has 5 nitrogen and oxygen atoms in total. The maximum absolute atomic E-state index is 14.0. The Bertz CT molecular complexity index is 1090. The predicted molar refractivity (Wildman–Crippen MR) is 112 cm³/mol. The molecule has 1 fully saturated rings. The van der Waals surface area contributed by atoms with Crippen LogP contribution in [0.4, 0.5) is 14.5 Å². The summed E-state index contributed by atoms with van der Waals surface area (Å²) in [5.74, 6) is -1.92. The molecule has 8 heteroatoms. The van der Waals surface area contributed by atoms with Gasteiger partial charge in [0.2, 0.25) is 0 Å². The van der Waals surface area contributed by atoms with Crippen molar-refractivity contribution in [2.45, 2.75) is 25.7 Å². The molecule has 1 saturated heterocycles. The van der Waals surface area contributed by atoms with Gasteiger partial charge in [-0.25, -0.2) is 13.5 Å². The van der Waals surface area contributed by atoms with Crippen LogP contribution in [0.25, 0.3) is 5.69 Å². The standard InChI is InChI=1S/C22H21ClF2N4O/c1-13-2-4-16(11-18(13)23)29-21(14-6-8-26-9-7-14)17(12-27-29)22(30)28-20-5-3-15(24)10-19(20)25/h2-5,10-12,14,26H,6-9H2,1H3,(H,28,30). The highest BCUT2D eigenvalue weighted by atomic mass is 35.5. The van der Waals surface area contributed by atoms with Gasteiger partial charge in [0.1, 0.15) is 11.6 Å². The molecule has 0 bridgehead atoms. The van der Waals surface area contributed by atoms with Crippen LogP contribution in [0.5, 0.6) is 0 Å². The van der Waals surface area contributed by atoms with E-state index in [9.17, 15) is 13.6 Å². The monoisotopic (exact) mass is 430 g/mol. The molecule has 2 N–H and O–H groups in total. The Labute approximate surface area is 178 Å². The van der Waals surface area contributed by atoms with Crippen molar-refractivity contribution in [1.29, 1.82) is 0 Å². The van der Waals surface area contributed by atoms with E-state index < -0.39 is 17.5 Å². The number of carbonyl (C=O) groups excluding carboxylic acids is 1. The zero-order valence-electron chi connectivity index (χ0n) is 16.4. The van der Waals surface area contributed by atoms with Crippen LogP contribution in [0.1, 0.15) is 40.4 Å². The van der Waals surface area contributed by atoms with Gasteiger partial charge in [0.05, 0.1) is 28.8 Å². The molecule has 0 aliphatic carbocycles. The summed E-state index contributed by atoms with van der Waals surface area (Å²) >= 11 is 6.31. The van der Waals surface area contributed by atoms with E-state index >= 15 is 0 Å². The van der Waals surface area contributed by atoms with E-state index in [-0.39, 0.29) is 11.6 Å². The van der Waals surface area contributed by atoms with E-state index in [4.69, 9.17) is 11.6 Å². The number of amides is 1. The van der Waals surface area contributed by atoms with Crippen LogP contribution in [0.3, 0.4) is 0 Å². The number of anilines is 1. The zero-order valence-corrected chi connectivity index (χ0v) is 17.1. The molecule has 0 unspecified atom stereocenters. The summed E-state index contributed by atoms with van der Waals surface area (Å²) in [6.07, 6.45) is 3.18. The minimum atomic E-state index is -0.829. The molecule has 1 aliphatic heterocycles. The molecule has 0 atom stereocenters. The molecular weight excluding hydrogens is 410 g/mol. The van der Waals surface area contributed by atoms with Crippen LogP contribution in [0, 0.1) is 18.6 Å². The van der Waals surface area contributed by atoms with Crippen molar-refractivity contribution in [3.63, 3.8) is 0 Å². The minimum Gasteiger partial charge on any atom is -0.319 e. The van der Waals surface area contributed by atoms with E-state index in [0.717, 1.165) is 55.0 Å². The van der Waals surface area contributed by atoms with Gasteiger partial charge in [0.15, 0.2) is 0 Å². The molecule has 1 aromatic heterocycles. The summed E-state index contributed by atoms with van der Waals surface area (Å²) in [6.45, 7) is 3.58. The van der Waals surface area contributed by atoms with E-state index in [1.807, 2.05) is 25.1 Å². The largest absolute Gasteiger partial charge is 0.319 e. The van der Waals surface area contributed by atoms with Crippen LogP contribution in [-0.2, 0) is 0 Å². The van der Waals surface area contributed by atoms with Gasteiger partial charge in [-0.2, -0.15) is 5.10 Å². The summed E-state index contributed by atoms with van der Waals surface area (Å²) in [5, 5.41) is 10.9. The number of rotatable bonds is 4. The van der Waals surface area contributed by atoms with Crippen LogP contribution in [-0.4, -0.2) is 28.8 Å². The first-order chi connectivity index (χ1) is 14.4. The minimum absolute atomic E-state index is 0.0798. The smallest absolute Gasteiger partial charge is 0.259 e. The van der Waals surface area contributed by atoms with Gasteiger partial charge >= 0.3 is 0 Å². The SMILES string of the molecule is Cc1ccc(-n2ncc(C(=O)Nc3ccc(F)cc3F)c2C2CCNCC2)cc1Cl. The van der Waals surface area contributed by atoms with E-state index in [1.54, 1.807) is 4.68 Å². The molecule has 3 aromatic rings. The van der Waals surface area contributed by atoms with Gasteiger partial charge in [-0.1, -0.05) is 17.7 Å². The van der Waals surface area contributed by atoms with E-state index in [0.29, 0.717) is 10.6 Å². The van der Waals surface area contributed by atoms with Crippen molar-refractivity contribution in [2.24, 2.45) is 0 Å². The maximum Gasteiger partial charge on any atom is 0.259 e. The molecule has 30 heavy (non-hydrogen) atoms. The van der Waals surface area contributed by atoms with Crippen molar-refractivity contribution in [2.75, 3.05) is 18.4 Å². The third kappa shape index (κ3) is 4.08. The third-order valence-electron chi connectivity index (χ3n) is 5.36. The normalized spacial score (nSPS) is 14.7. The first-order valence-electron chi connectivity index (χ1n) is 9.75. The Morgan fingerprint density at radius 2 is 1.97 bits per heavy atom. The lowest BCUT2D eigenvalue weighted by atomic mass is 9.91. The predicted octanol–water partition coefficient (Wildman–Crippen LogP) is 4.83. The molecule has 2 heterocycles. The molecular formula is C22H21ClF2N4O. The number of hydrogen-bond donors (Lipinski definition) is 2. The molecule has 0 radical (unpaired) electrons. The summed E-state index contributed by atoms with van der Waals surface area (Å²) in [5.41, 5.74) is 2.74. The Hall–Kier alpha value is -2.77. The number of benzene rings is 2. The Balaban J connectivity index is 1.74. The number of aromatic nitrogens is 2. The average molecular weight is 431 g/mol. The van der Waals surface area contributed by atoms with Crippen molar-refractivity contribution in [3.8, 4) is 5.69 Å². The highest BCUT2D eigenvalue weighted by Crippen LogP contribution is 2.32. The van der Waals surface area contributed by atoms with E-state index in [2.05, 4.69) is 15.7 Å².